The van der Waals surface area contributed by atoms with Gasteiger partial charge in [0.05, 0.1) is 5.69 Å². The van der Waals surface area contributed by atoms with Gasteiger partial charge in [-0.15, -0.1) is 0 Å². The Bertz CT molecular complexity index is 3710. The number of rotatable bonds is 6. The smallest absolute Gasteiger partial charge is 0.0708 e. The van der Waals surface area contributed by atoms with E-state index in [0.29, 0.717) is 11.8 Å². The number of pyridine rings is 1. The van der Waals surface area contributed by atoms with E-state index in [2.05, 4.69) is 218 Å². The third kappa shape index (κ3) is 5.44. The summed E-state index contributed by atoms with van der Waals surface area (Å²) in [4.78, 5) is 4.78. The van der Waals surface area contributed by atoms with E-state index >= 15 is 0 Å². The second-order valence-corrected chi connectivity index (χ2v) is 18.3. The third-order valence-electron chi connectivity index (χ3n) is 15.0. The molecule has 0 radical (unpaired) electrons. The van der Waals surface area contributed by atoms with Gasteiger partial charge >= 0.3 is 0 Å². The van der Waals surface area contributed by atoms with Crippen LogP contribution in [0, 0.1) is 5.92 Å². The molecule has 66 heavy (non-hydrogen) atoms. The lowest BCUT2D eigenvalue weighted by Gasteiger charge is -2.27. The minimum atomic E-state index is 0.281. The van der Waals surface area contributed by atoms with Crippen LogP contribution in [0.1, 0.15) is 40.5 Å². The molecule has 10 aromatic rings. The number of aromatic nitrogens is 1. The molecule has 9 aromatic carbocycles. The van der Waals surface area contributed by atoms with Crippen molar-refractivity contribution in [2.24, 2.45) is 5.92 Å². The average molecular weight is 838 g/mol. The highest BCUT2D eigenvalue weighted by atomic mass is 14.7. The van der Waals surface area contributed by atoms with Crippen molar-refractivity contribution in [3.05, 3.63) is 247 Å². The molecule has 1 aromatic heterocycles. The first-order valence-electron chi connectivity index (χ1n) is 23.4. The Balaban J connectivity index is 1.05. The van der Waals surface area contributed by atoms with Crippen LogP contribution >= 0.6 is 0 Å². The van der Waals surface area contributed by atoms with Gasteiger partial charge in [0.1, 0.15) is 0 Å². The lowest BCUT2D eigenvalue weighted by atomic mass is 9.76. The molecular weight excluding hydrogens is 795 g/mol. The lowest BCUT2D eigenvalue weighted by Crippen LogP contribution is -2.13. The van der Waals surface area contributed by atoms with Crippen LogP contribution in [0.4, 0.5) is 0 Å². The minimum absolute atomic E-state index is 0.281. The monoisotopic (exact) mass is 837 g/mol. The van der Waals surface area contributed by atoms with Gasteiger partial charge in [0, 0.05) is 17.7 Å². The van der Waals surface area contributed by atoms with E-state index in [1.807, 2.05) is 12.3 Å². The summed E-state index contributed by atoms with van der Waals surface area (Å²) in [7, 11) is 0. The molecule has 0 saturated heterocycles. The number of hydrogen-bond donors (Lipinski definition) is 0. The maximum absolute atomic E-state index is 4.78. The SMILES string of the molecule is C1=Cc2c3c(cc4c(-c5ccccc5)c5c(c(-c6ccccc6)c24)-c2cccc4c(-c6ccccc6-c6ccccc6)ccc-5c24)C2C=CC(c4ccccc4-c4ccccn4)=C[C@@H]2C3C1. The molecule has 1 nitrogen and oxygen atoms in total. The highest BCUT2D eigenvalue weighted by Gasteiger charge is 2.43. The molecule has 1 heteroatoms. The van der Waals surface area contributed by atoms with Crippen molar-refractivity contribution in [1.29, 1.82) is 0 Å². The van der Waals surface area contributed by atoms with E-state index in [-0.39, 0.29) is 5.92 Å². The largest absolute Gasteiger partial charge is 0.256 e. The normalized spacial score (nSPS) is 17.2. The highest BCUT2D eigenvalue weighted by molar-refractivity contribution is 6.30. The Labute approximate surface area is 385 Å². The predicted octanol–water partition coefficient (Wildman–Crippen LogP) is 17.2. The molecule has 0 fully saturated rings. The average Bonchev–Trinajstić information content (AvgIpc) is 3.90. The maximum Gasteiger partial charge on any atom is 0.0708 e. The van der Waals surface area contributed by atoms with Crippen LogP contribution in [0.5, 0.6) is 0 Å². The molecule has 2 unspecified atom stereocenters. The van der Waals surface area contributed by atoms with Gasteiger partial charge in [0.15, 0.2) is 0 Å². The van der Waals surface area contributed by atoms with E-state index in [1.54, 1.807) is 0 Å². The van der Waals surface area contributed by atoms with Crippen LogP contribution in [-0.4, -0.2) is 4.98 Å². The summed E-state index contributed by atoms with van der Waals surface area (Å²) in [6, 6.07) is 71.7. The van der Waals surface area contributed by atoms with Crippen molar-refractivity contribution in [2.75, 3.05) is 0 Å². The lowest BCUT2D eigenvalue weighted by molar-refractivity contribution is 0.515. The van der Waals surface area contributed by atoms with Crippen LogP contribution in [0.15, 0.2) is 225 Å². The molecule has 0 saturated carbocycles. The van der Waals surface area contributed by atoms with Gasteiger partial charge in [0.25, 0.3) is 0 Å². The molecule has 0 aliphatic heterocycles. The van der Waals surface area contributed by atoms with Crippen LogP contribution < -0.4 is 0 Å². The fraction of sp³-hybridized carbons (Fsp3) is 0.0615. The number of benzene rings is 9. The number of hydrogen-bond acceptors (Lipinski definition) is 1. The molecule has 3 atom stereocenters. The Hall–Kier alpha value is -8.13. The van der Waals surface area contributed by atoms with Crippen LogP contribution in [0.3, 0.4) is 0 Å². The van der Waals surface area contributed by atoms with Crippen molar-refractivity contribution < 1.29 is 0 Å². The Morgan fingerprint density at radius 2 is 1.05 bits per heavy atom. The summed E-state index contributed by atoms with van der Waals surface area (Å²) < 4.78 is 0. The third-order valence-corrected chi connectivity index (χ3v) is 15.0. The molecule has 4 aliphatic rings. The molecule has 4 aliphatic carbocycles. The molecule has 0 spiro atoms. The first-order valence-corrected chi connectivity index (χ1v) is 23.4. The topological polar surface area (TPSA) is 12.9 Å². The predicted molar refractivity (Wildman–Crippen MR) is 277 cm³/mol. The standard InChI is InChI=1S/C65H43N/c1-4-18-40(19-5-1)44-24-10-12-26-46(44)47-35-36-54-61-50(47)28-16-31-53(61)65-60(42-22-8-3-9-23-42)63-52-30-17-29-51-55-38-43(45-25-11-13-27-49(45)58-32-14-15-37-66-58)33-34-48(55)56(62(51)52)39-57(63)59(64(54)65)41-20-6-2-7-21-41/h1-28,30-39,48,51,55H,29H2/t48?,51?,55-/m0/s1. The zero-order valence-corrected chi connectivity index (χ0v) is 36.3. The second kappa shape index (κ2) is 14.7. The minimum Gasteiger partial charge on any atom is -0.256 e. The molecular formula is C65H43N. The second-order valence-electron chi connectivity index (χ2n) is 18.3. The van der Waals surface area contributed by atoms with E-state index < -0.39 is 0 Å². The molecule has 308 valence electrons. The zero-order valence-electron chi connectivity index (χ0n) is 36.3. The summed E-state index contributed by atoms with van der Waals surface area (Å²) in [6.45, 7) is 0. The van der Waals surface area contributed by atoms with Gasteiger partial charge < -0.3 is 0 Å². The summed E-state index contributed by atoms with van der Waals surface area (Å²) in [5, 5.41) is 5.33. The van der Waals surface area contributed by atoms with Gasteiger partial charge in [-0.05, 0) is 153 Å². The Morgan fingerprint density at radius 3 is 1.80 bits per heavy atom. The summed E-state index contributed by atoms with van der Waals surface area (Å²) in [5.41, 5.74) is 24.6. The fourth-order valence-electron chi connectivity index (χ4n) is 12.4. The molecule has 0 N–H and O–H groups in total. The van der Waals surface area contributed by atoms with Crippen molar-refractivity contribution in [1.82, 2.24) is 4.98 Å². The summed E-state index contributed by atoms with van der Waals surface area (Å²) in [6.07, 6.45) is 15.4. The van der Waals surface area contributed by atoms with E-state index in [0.717, 1.165) is 12.1 Å². The van der Waals surface area contributed by atoms with E-state index in [9.17, 15) is 0 Å². The van der Waals surface area contributed by atoms with Gasteiger partial charge in [-0.3, -0.25) is 4.98 Å². The quantitative estimate of drug-likeness (QED) is 0.163. The van der Waals surface area contributed by atoms with Crippen molar-refractivity contribution in [2.45, 2.75) is 18.3 Å². The van der Waals surface area contributed by atoms with Gasteiger partial charge in [-0.2, -0.15) is 0 Å². The van der Waals surface area contributed by atoms with E-state index in [4.69, 9.17) is 4.98 Å². The van der Waals surface area contributed by atoms with Crippen LogP contribution in [0.2, 0.25) is 0 Å². The van der Waals surface area contributed by atoms with Crippen molar-refractivity contribution in [3.63, 3.8) is 0 Å². The van der Waals surface area contributed by atoms with Crippen molar-refractivity contribution in [3.8, 4) is 78.0 Å². The highest BCUT2D eigenvalue weighted by Crippen LogP contribution is 2.63. The zero-order chi connectivity index (χ0) is 43.3. The number of allylic oxidation sites excluding steroid dienone is 5. The molecule has 1 heterocycles. The first kappa shape index (κ1) is 37.3. The van der Waals surface area contributed by atoms with Crippen molar-refractivity contribution >= 4 is 33.2 Å². The fourth-order valence-corrected chi connectivity index (χ4v) is 12.4. The summed E-state index contributed by atoms with van der Waals surface area (Å²) >= 11 is 0. The van der Waals surface area contributed by atoms with Gasteiger partial charge in [-0.25, -0.2) is 0 Å². The van der Waals surface area contributed by atoms with E-state index in [1.165, 1.54) is 122 Å². The summed E-state index contributed by atoms with van der Waals surface area (Å²) in [5.74, 6) is 1.00. The number of nitrogens with zero attached hydrogens (tertiary/aromatic N) is 1. The number of fused-ring (bicyclic) bond motifs is 8. The van der Waals surface area contributed by atoms with Gasteiger partial charge in [-0.1, -0.05) is 206 Å². The Kier molecular flexibility index (Phi) is 8.30. The molecule has 0 amide bonds. The first-order chi connectivity index (χ1) is 32.8. The maximum atomic E-state index is 4.78. The molecule has 14 rings (SSSR count). The van der Waals surface area contributed by atoms with Crippen LogP contribution in [0.25, 0.3) is 111 Å². The van der Waals surface area contributed by atoms with Gasteiger partial charge in [0.2, 0.25) is 0 Å². The molecule has 0 bridgehead atoms. The van der Waals surface area contributed by atoms with Crippen LogP contribution in [-0.2, 0) is 0 Å². The Morgan fingerprint density at radius 1 is 0.424 bits per heavy atom.